The number of rotatable bonds is 5. The molecule has 84 valence electrons. The maximum atomic E-state index is 6.19. The Hall–Kier alpha value is 0.600. The van der Waals surface area contributed by atoms with Gasteiger partial charge in [-0.25, -0.2) is 0 Å². The van der Waals surface area contributed by atoms with Gasteiger partial charge in [0, 0.05) is 11.9 Å². The van der Waals surface area contributed by atoms with Crippen LogP contribution in [0.1, 0.15) is 26.7 Å². The maximum Gasteiger partial charge on any atom is 0.0386 e. The Morgan fingerprint density at radius 3 is 2.93 bits per heavy atom. The van der Waals surface area contributed by atoms with Gasteiger partial charge in [-0.3, -0.25) is 0 Å². The molecule has 1 aliphatic heterocycles. The van der Waals surface area contributed by atoms with E-state index in [2.05, 4.69) is 18.7 Å². The molecule has 1 fully saturated rings. The SMILES string of the molecule is CCSCCCN1CCC(Cl)C(C)C1. The summed E-state index contributed by atoms with van der Waals surface area (Å²) < 4.78 is 0. The van der Waals surface area contributed by atoms with Gasteiger partial charge in [-0.15, -0.1) is 11.6 Å². The number of thioether (sulfide) groups is 1. The molecule has 1 aliphatic rings. The van der Waals surface area contributed by atoms with E-state index in [0.717, 1.165) is 0 Å². The van der Waals surface area contributed by atoms with Crippen LogP contribution in [0.4, 0.5) is 0 Å². The molecule has 0 N–H and O–H groups in total. The van der Waals surface area contributed by atoms with Crippen LogP contribution < -0.4 is 0 Å². The van der Waals surface area contributed by atoms with E-state index in [1.165, 1.54) is 44.0 Å². The normalized spacial score (nSPS) is 29.4. The van der Waals surface area contributed by atoms with Gasteiger partial charge in [0.1, 0.15) is 0 Å². The predicted molar refractivity (Wildman–Crippen MR) is 67.5 cm³/mol. The van der Waals surface area contributed by atoms with Gasteiger partial charge in [0.2, 0.25) is 0 Å². The molecule has 1 heterocycles. The van der Waals surface area contributed by atoms with E-state index >= 15 is 0 Å². The van der Waals surface area contributed by atoms with Gasteiger partial charge in [0.25, 0.3) is 0 Å². The summed E-state index contributed by atoms with van der Waals surface area (Å²) in [6.07, 6.45) is 2.50. The Labute approximate surface area is 97.6 Å². The Bertz CT molecular complexity index is 154. The van der Waals surface area contributed by atoms with E-state index in [1.54, 1.807) is 0 Å². The molecule has 2 atom stereocenters. The molecule has 0 aromatic carbocycles. The zero-order chi connectivity index (χ0) is 10.4. The Morgan fingerprint density at radius 1 is 1.50 bits per heavy atom. The quantitative estimate of drug-likeness (QED) is 0.532. The van der Waals surface area contributed by atoms with Gasteiger partial charge in [-0.1, -0.05) is 13.8 Å². The van der Waals surface area contributed by atoms with E-state index < -0.39 is 0 Å². The second-order valence-corrected chi connectivity index (χ2v) is 6.09. The molecule has 0 amide bonds. The fourth-order valence-corrected chi connectivity index (χ4v) is 2.74. The van der Waals surface area contributed by atoms with Crippen LogP contribution in [0, 0.1) is 5.92 Å². The summed E-state index contributed by atoms with van der Waals surface area (Å²) in [6, 6.07) is 0. The largest absolute Gasteiger partial charge is 0.303 e. The van der Waals surface area contributed by atoms with Crippen LogP contribution in [0.2, 0.25) is 0 Å². The van der Waals surface area contributed by atoms with Crippen LogP contribution in [-0.2, 0) is 0 Å². The minimum Gasteiger partial charge on any atom is -0.303 e. The highest BCUT2D eigenvalue weighted by atomic mass is 35.5. The first-order valence-electron chi connectivity index (χ1n) is 5.68. The van der Waals surface area contributed by atoms with Gasteiger partial charge in [-0.05, 0) is 43.4 Å². The minimum atomic E-state index is 0.413. The zero-order valence-electron chi connectivity index (χ0n) is 9.34. The molecule has 2 unspecified atom stereocenters. The van der Waals surface area contributed by atoms with Crippen molar-refractivity contribution in [1.82, 2.24) is 4.90 Å². The monoisotopic (exact) mass is 235 g/mol. The summed E-state index contributed by atoms with van der Waals surface area (Å²) in [6.45, 7) is 8.16. The number of halogens is 1. The van der Waals surface area contributed by atoms with E-state index in [1.807, 2.05) is 11.8 Å². The number of hydrogen-bond donors (Lipinski definition) is 0. The molecule has 1 nitrogen and oxygen atoms in total. The third kappa shape index (κ3) is 4.41. The summed E-state index contributed by atoms with van der Waals surface area (Å²) >= 11 is 8.23. The van der Waals surface area contributed by atoms with Gasteiger partial charge < -0.3 is 4.90 Å². The molecule has 14 heavy (non-hydrogen) atoms. The van der Waals surface area contributed by atoms with Crippen molar-refractivity contribution in [3.05, 3.63) is 0 Å². The lowest BCUT2D eigenvalue weighted by atomic mass is 9.99. The van der Waals surface area contributed by atoms with Crippen LogP contribution in [-0.4, -0.2) is 41.4 Å². The van der Waals surface area contributed by atoms with Crippen molar-refractivity contribution < 1.29 is 0 Å². The van der Waals surface area contributed by atoms with Crippen molar-refractivity contribution in [2.75, 3.05) is 31.1 Å². The highest BCUT2D eigenvalue weighted by molar-refractivity contribution is 7.99. The van der Waals surface area contributed by atoms with E-state index in [-0.39, 0.29) is 0 Å². The summed E-state index contributed by atoms with van der Waals surface area (Å²) in [5.74, 6) is 3.23. The topological polar surface area (TPSA) is 3.24 Å². The van der Waals surface area contributed by atoms with Crippen molar-refractivity contribution in [2.45, 2.75) is 32.1 Å². The molecular formula is C11H22ClNS. The summed E-state index contributed by atoms with van der Waals surface area (Å²) in [7, 11) is 0. The highest BCUT2D eigenvalue weighted by Gasteiger charge is 2.23. The number of alkyl halides is 1. The van der Waals surface area contributed by atoms with Gasteiger partial charge in [0.05, 0.1) is 0 Å². The third-order valence-electron chi connectivity index (χ3n) is 2.85. The molecule has 0 spiro atoms. The second kappa shape index (κ2) is 6.97. The molecular weight excluding hydrogens is 214 g/mol. The van der Waals surface area contributed by atoms with E-state index in [9.17, 15) is 0 Å². The number of likely N-dealkylation sites (tertiary alicyclic amines) is 1. The molecule has 1 saturated heterocycles. The number of nitrogens with zero attached hydrogens (tertiary/aromatic N) is 1. The fourth-order valence-electron chi connectivity index (χ4n) is 1.94. The molecule has 0 aliphatic carbocycles. The fraction of sp³-hybridized carbons (Fsp3) is 1.00. The smallest absolute Gasteiger partial charge is 0.0386 e. The zero-order valence-corrected chi connectivity index (χ0v) is 10.9. The van der Waals surface area contributed by atoms with Crippen LogP contribution in [0.15, 0.2) is 0 Å². The van der Waals surface area contributed by atoms with E-state index in [0.29, 0.717) is 11.3 Å². The lowest BCUT2D eigenvalue weighted by Crippen LogP contribution is -2.40. The second-order valence-electron chi connectivity index (χ2n) is 4.13. The van der Waals surface area contributed by atoms with Crippen molar-refractivity contribution in [1.29, 1.82) is 0 Å². The number of piperidine rings is 1. The van der Waals surface area contributed by atoms with Crippen molar-refractivity contribution >= 4 is 23.4 Å². The van der Waals surface area contributed by atoms with Crippen LogP contribution in [0.25, 0.3) is 0 Å². The highest BCUT2D eigenvalue weighted by Crippen LogP contribution is 2.21. The van der Waals surface area contributed by atoms with Crippen molar-refractivity contribution in [2.24, 2.45) is 5.92 Å². The first kappa shape index (κ1) is 12.7. The third-order valence-corrected chi connectivity index (χ3v) is 4.49. The summed E-state index contributed by atoms with van der Waals surface area (Å²) in [4.78, 5) is 2.57. The van der Waals surface area contributed by atoms with Crippen molar-refractivity contribution in [3.8, 4) is 0 Å². The molecule has 0 bridgehead atoms. The first-order chi connectivity index (χ1) is 6.74. The van der Waals surface area contributed by atoms with Gasteiger partial charge >= 0.3 is 0 Å². The first-order valence-corrected chi connectivity index (χ1v) is 7.27. The van der Waals surface area contributed by atoms with Crippen LogP contribution in [0.5, 0.6) is 0 Å². The Kier molecular flexibility index (Phi) is 6.31. The molecule has 0 saturated carbocycles. The summed E-state index contributed by atoms with van der Waals surface area (Å²) in [5, 5.41) is 0.413. The lowest BCUT2D eigenvalue weighted by Gasteiger charge is -2.34. The minimum absolute atomic E-state index is 0.413. The maximum absolute atomic E-state index is 6.19. The molecule has 0 radical (unpaired) electrons. The molecule has 1 rings (SSSR count). The average Bonchev–Trinajstić information content (AvgIpc) is 2.18. The summed E-state index contributed by atoms with van der Waals surface area (Å²) in [5.41, 5.74) is 0. The standard InChI is InChI=1S/C11H22ClNS/c1-3-14-8-4-6-13-7-5-11(12)10(2)9-13/h10-11H,3-9H2,1-2H3. The van der Waals surface area contributed by atoms with Crippen LogP contribution >= 0.6 is 23.4 Å². The number of hydrogen-bond acceptors (Lipinski definition) is 2. The molecule has 3 heteroatoms. The Morgan fingerprint density at radius 2 is 2.29 bits per heavy atom. The molecule has 0 aromatic rings. The lowest BCUT2D eigenvalue weighted by molar-refractivity contribution is 0.188. The Balaban J connectivity index is 2.07. The van der Waals surface area contributed by atoms with E-state index in [4.69, 9.17) is 11.6 Å². The molecule has 0 aromatic heterocycles. The van der Waals surface area contributed by atoms with Gasteiger partial charge in [-0.2, -0.15) is 11.8 Å². The van der Waals surface area contributed by atoms with Crippen molar-refractivity contribution in [3.63, 3.8) is 0 Å². The predicted octanol–water partition coefficient (Wildman–Crippen LogP) is 3.08. The average molecular weight is 236 g/mol. The van der Waals surface area contributed by atoms with Gasteiger partial charge in [0.15, 0.2) is 0 Å². The van der Waals surface area contributed by atoms with Crippen LogP contribution in [0.3, 0.4) is 0 Å².